The maximum atomic E-state index is 13.0. The number of hydrogen-bond donors (Lipinski definition) is 1. The van der Waals surface area contributed by atoms with Crippen LogP contribution in [-0.2, 0) is 11.2 Å². The Balaban J connectivity index is 1.29. The number of hydrogen-bond acceptors (Lipinski definition) is 4. The van der Waals surface area contributed by atoms with Crippen LogP contribution >= 0.6 is 0 Å². The van der Waals surface area contributed by atoms with Gasteiger partial charge in [-0.05, 0) is 37.1 Å². The van der Waals surface area contributed by atoms with Crippen molar-refractivity contribution in [2.75, 3.05) is 29.6 Å². The average Bonchev–Trinajstić information content (AvgIpc) is 3.26. The number of ether oxygens (including phenoxy) is 2. The maximum Gasteiger partial charge on any atom is 0.322 e. The van der Waals surface area contributed by atoms with Crippen LogP contribution in [0.3, 0.4) is 0 Å². The van der Waals surface area contributed by atoms with Crippen molar-refractivity contribution in [1.82, 2.24) is 5.32 Å². The van der Waals surface area contributed by atoms with Crippen LogP contribution in [0.15, 0.2) is 42.5 Å². The molecule has 7 nitrogen and oxygen atoms in total. The predicted octanol–water partition coefficient (Wildman–Crippen LogP) is 2.72. The van der Waals surface area contributed by atoms with Crippen LogP contribution in [0.1, 0.15) is 18.9 Å². The summed E-state index contributed by atoms with van der Waals surface area (Å²) in [5, 5.41) is 3.05. The van der Waals surface area contributed by atoms with E-state index in [2.05, 4.69) is 11.4 Å². The van der Waals surface area contributed by atoms with Gasteiger partial charge in [-0.25, -0.2) is 4.79 Å². The SMILES string of the molecule is C[C@H]1Cc2ccccc2N1C(=O)N[C@@H]1CC(=O)N(c2ccc3c(c2)OCCO3)C1. The van der Waals surface area contributed by atoms with Crippen molar-refractivity contribution in [3.05, 3.63) is 48.0 Å². The van der Waals surface area contributed by atoms with E-state index in [0.29, 0.717) is 31.3 Å². The van der Waals surface area contributed by atoms with Gasteiger partial charge in [-0.1, -0.05) is 18.2 Å². The number of urea groups is 1. The molecule has 29 heavy (non-hydrogen) atoms. The quantitative estimate of drug-likeness (QED) is 0.852. The molecule has 0 saturated carbocycles. The zero-order valence-corrected chi connectivity index (χ0v) is 16.3. The molecule has 150 valence electrons. The minimum Gasteiger partial charge on any atom is -0.486 e. The van der Waals surface area contributed by atoms with E-state index < -0.39 is 0 Å². The zero-order chi connectivity index (χ0) is 20.0. The molecule has 1 fully saturated rings. The second kappa shape index (κ2) is 6.99. The van der Waals surface area contributed by atoms with Crippen molar-refractivity contribution in [2.24, 2.45) is 0 Å². The minimum absolute atomic E-state index is 0.0122. The summed E-state index contributed by atoms with van der Waals surface area (Å²) < 4.78 is 11.2. The monoisotopic (exact) mass is 393 g/mol. The van der Waals surface area contributed by atoms with Crippen LogP contribution in [-0.4, -0.2) is 43.8 Å². The Hall–Kier alpha value is -3.22. The minimum atomic E-state index is -0.233. The molecule has 1 saturated heterocycles. The average molecular weight is 393 g/mol. The standard InChI is InChI=1S/C22H23N3O4/c1-14-10-15-4-2-3-5-18(15)25(14)22(27)23-16-11-21(26)24(13-16)17-6-7-19-20(12-17)29-9-8-28-19/h2-7,12,14,16H,8-11,13H2,1H3,(H,23,27)/t14-,16+/m0/s1. The Kier molecular flexibility index (Phi) is 4.30. The number of nitrogens with zero attached hydrogens (tertiary/aromatic N) is 2. The molecule has 0 aromatic heterocycles. The first-order valence-electron chi connectivity index (χ1n) is 9.98. The number of carbonyl (C=O) groups excluding carboxylic acids is 2. The lowest BCUT2D eigenvalue weighted by Crippen LogP contribution is -2.48. The van der Waals surface area contributed by atoms with E-state index in [1.165, 1.54) is 5.56 Å². The number of para-hydroxylation sites is 1. The fraction of sp³-hybridized carbons (Fsp3) is 0.364. The number of benzene rings is 2. The van der Waals surface area contributed by atoms with Gasteiger partial charge >= 0.3 is 6.03 Å². The summed E-state index contributed by atoms with van der Waals surface area (Å²) >= 11 is 0. The Morgan fingerprint density at radius 3 is 2.72 bits per heavy atom. The molecule has 1 N–H and O–H groups in total. The van der Waals surface area contributed by atoms with Crippen molar-refractivity contribution in [2.45, 2.75) is 31.8 Å². The van der Waals surface area contributed by atoms with E-state index in [1.807, 2.05) is 43.3 Å². The Morgan fingerprint density at radius 1 is 1.07 bits per heavy atom. The second-order valence-electron chi connectivity index (χ2n) is 7.73. The van der Waals surface area contributed by atoms with Crippen LogP contribution in [0.5, 0.6) is 11.5 Å². The highest BCUT2D eigenvalue weighted by Gasteiger charge is 2.36. The number of rotatable bonds is 2. The fourth-order valence-corrected chi connectivity index (χ4v) is 4.37. The Morgan fingerprint density at radius 2 is 1.86 bits per heavy atom. The highest BCUT2D eigenvalue weighted by Crippen LogP contribution is 2.35. The van der Waals surface area contributed by atoms with Crippen LogP contribution < -0.4 is 24.6 Å². The molecule has 2 aromatic carbocycles. The summed E-state index contributed by atoms with van der Waals surface area (Å²) in [5.74, 6) is 1.33. The van der Waals surface area contributed by atoms with Crippen molar-refractivity contribution in [3.8, 4) is 11.5 Å². The van der Waals surface area contributed by atoms with Gasteiger partial charge in [-0.3, -0.25) is 9.69 Å². The molecule has 0 aliphatic carbocycles. The molecule has 2 atom stereocenters. The summed E-state index contributed by atoms with van der Waals surface area (Å²) in [6.45, 7) is 3.51. The van der Waals surface area contributed by atoms with Crippen LogP contribution in [0.25, 0.3) is 0 Å². The lowest BCUT2D eigenvalue weighted by molar-refractivity contribution is -0.117. The lowest BCUT2D eigenvalue weighted by Gasteiger charge is -2.25. The molecule has 0 spiro atoms. The first-order chi connectivity index (χ1) is 14.1. The lowest BCUT2D eigenvalue weighted by atomic mass is 10.1. The largest absolute Gasteiger partial charge is 0.486 e. The summed E-state index contributed by atoms with van der Waals surface area (Å²) in [4.78, 5) is 29.1. The Bertz CT molecular complexity index is 976. The molecular weight excluding hydrogens is 370 g/mol. The van der Waals surface area contributed by atoms with Crippen LogP contribution in [0, 0.1) is 0 Å². The van der Waals surface area contributed by atoms with Gasteiger partial charge in [0.1, 0.15) is 13.2 Å². The molecule has 2 aromatic rings. The molecule has 0 bridgehead atoms. The highest BCUT2D eigenvalue weighted by molar-refractivity contribution is 5.99. The van der Waals surface area contributed by atoms with Crippen LogP contribution in [0.4, 0.5) is 16.2 Å². The molecular formula is C22H23N3O4. The van der Waals surface area contributed by atoms with Crippen molar-refractivity contribution < 1.29 is 19.1 Å². The highest BCUT2D eigenvalue weighted by atomic mass is 16.6. The van der Waals surface area contributed by atoms with Gasteiger partial charge in [-0.2, -0.15) is 0 Å². The van der Waals surface area contributed by atoms with E-state index in [9.17, 15) is 9.59 Å². The first-order valence-corrected chi connectivity index (χ1v) is 9.98. The molecule has 0 radical (unpaired) electrons. The predicted molar refractivity (Wildman–Crippen MR) is 109 cm³/mol. The van der Waals surface area contributed by atoms with Gasteiger partial charge in [0.2, 0.25) is 5.91 Å². The van der Waals surface area contributed by atoms with Gasteiger partial charge in [0.05, 0.1) is 6.04 Å². The molecule has 3 aliphatic rings. The molecule has 3 aliphatic heterocycles. The third-order valence-corrected chi connectivity index (χ3v) is 5.72. The number of anilines is 2. The third kappa shape index (κ3) is 3.16. The van der Waals surface area contributed by atoms with Crippen molar-refractivity contribution in [1.29, 1.82) is 0 Å². The van der Waals surface area contributed by atoms with E-state index in [0.717, 1.165) is 17.8 Å². The second-order valence-corrected chi connectivity index (χ2v) is 7.73. The first kappa shape index (κ1) is 17.8. The number of carbonyl (C=O) groups is 2. The normalized spacial score (nSPS) is 22.6. The summed E-state index contributed by atoms with van der Waals surface area (Å²) in [7, 11) is 0. The maximum absolute atomic E-state index is 13.0. The van der Waals surface area contributed by atoms with E-state index in [-0.39, 0.29) is 30.4 Å². The fourth-order valence-electron chi connectivity index (χ4n) is 4.37. The molecule has 0 unspecified atom stereocenters. The van der Waals surface area contributed by atoms with Crippen LogP contribution in [0.2, 0.25) is 0 Å². The zero-order valence-electron chi connectivity index (χ0n) is 16.3. The van der Waals surface area contributed by atoms with Gasteiger partial charge in [0.15, 0.2) is 11.5 Å². The van der Waals surface area contributed by atoms with E-state index in [1.54, 1.807) is 9.80 Å². The Labute approximate surface area is 169 Å². The number of amides is 3. The van der Waals surface area contributed by atoms with E-state index >= 15 is 0 Å². The van der Waals surface area contributed by atoms with E-state index in [4.69, 9.17) is 9.47 Å². The van der Waals surface area contributed by atoms with Gasteiger partial charge < -0.3 is 19.7 Å². The molecule has 3 heterocycles. The van der Waals surface area contributed by atoms with Crippen molar-refractivity contribution in [3.63, 3.8) is 0 Å². The molecule has 5 rings (SSSR count). The third-order valence-electron chi connectivity index (χ3n) is 5.72. The summed E-state index contributed by atoms with van der Waals surface area (Å²) in [6, 6.07) is 13.2. The number of nitrogens with one attached hydrogen (secondary N) is 1. The van der Waals surface area contributed by atoms with Gasteiger partial charge in [0, 0.05) is 36.4 Å². The van der Waals surface area contributed by atoms with Gasteiger partial charge in [0.25, 0.3) is 0 Å². The van der Waals surface area contributed by atoms with Gasteiger partial charge in [-0.15, -0.1) is 0 Å². The molecule has 7 heteroatoms. The topological polar surface area (TPSA) is 71.1 Å². The summed E-state index contributed by atoms with van der Waals surface area (Å²) in [5.41, 5.74) is 2.89. The number of fused-ring (bicyclic) bond motifs is 2. The summed E-state index contributed by atoms with van der Waals surface area (Å²) in [6.07, 6.45) is 1.13. The van der Waals surface area contributed by atoms with Crippen molar-refractivity contribution >= 4 is 23.3 Å². The molecule has 3 amide bonds. The smallest absolute Gasteiger partial charge is 0.322 e.